The average Bonchev–Trinajstić information content (AvgIpc) is 3.27. The van der Waals surface area contributed by atoms with E-state index in [-0.39, 0.29) is 6.10 Å². The molecule has 0 spiro atoms. The van der Waals surface area contributed by atoms with Gasteiger partial charge in [-0.25, -0.2) is 0 Å². The lowest BCUT2D eigenvalue weighted by atomic mass is 10.0. The van der Waals surface area contributed by atoms with Gasteiger partial charge in [0.1, 0.15) is 6.10 Å². The Morgan fingerprint density at radius 1 is 1.09 bits per heavy atom. The quantitative estimate of drug-likeness (QED) is 0.809. The molecule has 1 aliphatic carbocycles. The van der Waals surface area contributed by atoms with E-state index < -0.39 is 0 Å². The summed E-state index contributed by atoms with van der Waals surface area (Å²) in [6.45, 7) is 5.12. The molecule has 1 aromatic heterocycles. The summed E-state index contributed by atoms with van der Waals surface area (Å²) in [5, 5.41) is 4.81. The van der Waals surface area contributed by atoms with Gasteiger partial charge in [-0.1, -0.05) is 0 Å². The molecule has 1 saturated carbocycles. The Labute approximate surface area is 131 Å². The Balaban J connectivity index is 1.37. The van der Waals surface area contributed by atoms with E-state index in [9.17, 15) is 0 Å². The number of rotatable bonds is 6. The second-order valence-electron chi connectivity index (χ2n) is 6.91. The Hall–Kier alpha value is -0.910. The highest BCUT2D eigenvalue weighted by atomic mass is 16.5. The Kier molecular flexibility index (Phi) is 4.46. The minimum Gasteiger partial charge on any atom is -0.381 e. The van der Waals surface area contributed by atoms with Gasteiger partial charge in [0.25, 0.3) is 0 Å². The van der Waals surface area contributed by atoms with Crippen LogP contribution in [0.5, 0.6) is 0 Å². The van der Waals surface area contributed by atoms with Crippen LogP contribution in [0.4, 0.5) is 0 Å². The first kappa shape index (κ1) is 14.7. The second kappa shape index (κ2) is 6.69. The molecule has 2 fully saturated rings. The van der Waals surface area contributed by atoms with E-state index in [4.69, 9.17) is 19.3 Å². The van der Waals surface area contributed by atoms with Crippen LogP contribution in [0.1, 0.15) is 43.0 Å². The third kappa shape index (κ3) is 3.53. The highest BCUT2D eigenvalue weighted by molar-refractivity contribution is 5.22. The third-order valence-corrected chi connectivity index (χ3v) is 4.97. The van der Waals surface area contributed by atoms with Crippen molar-refractivity contribution >= 4 is 0 Å². The van der Waals surface area contributed by atoms with Crippen LogP contribution in [-0.2, 0) is 27.2 Å². The number of aromatic nitrogens is 2. The van der Waals surface area contributed by atoms with Crippen molar-refractivity contribution in [2.45, 2.75) is 44.8 Å². The first-order valence-electron chi connectivity index (χ1n) is 8.72. The minimum atomic E-state index is 0.0263. The molecule has 5 nitrogen and oxygen atoms in total. The third-order valence-electron chi connectivity index (χ3n) is 4.97. The van der Waals surface area contributed by atoms with Gasteiger partial charge in [-0.3, -0.25) is 4.68 Å². The van der Waals surface area contributed by atoms with Crippen molar-refractivity contribution < 1.29 is 14.2 Å². The molecular weight excluding hydrogens is 280 g/mol. The molecule has 0 radical (unpaired) electrons. The zero-order valence-corrected chi connectivity index (χ0v) is 13.2. The van der Waals surface area contributed by atoms with Gasteiger partial charge in [-0.2, -0.15) is 5.10 Å². The smallest absolute Gasteiger partial charge is 0.125 e. The molecule has 0 bridgehead atoms. The Morgan fingerprint density at radius 2 is 1.95 bits per heavy atom. The number of ether oxygens (including phenoxy) is 3. The monoisotopic (exact) mass is 306 g/mol. The van der Waals surface area contributed by atoms with E-state index >= 15 is 0 Å². The summed E-state index contributed by atoms with van der Waals surface area (Å²) in [6, 6.07) is 0. The van der Waals surface area contributed by atoms with Crippen molar-refractivity contribution in [3.05, 3.63) is 17.5 Å². The van der Waals surface area contributed by atoms with Gasteiger partial charge in [0.2, 0.25) is 0 Å². The highest BCUT2D eigenvalue weighted by Crippen LogP contribution is 2.31. The summed E-state index contributed by atoms with van der Waals surface area (Å²) in [5.41, 5.74) is 2.45. The maximum absolute atomic E-state index is 5.89. The van der Waals surface area contributed by atoms with Crippen LogP contribution in [0.3, 0.4) is 0 Å². The lowest BCUT2D eigenvalue weighted by molar-refractivity contribution is -0.0295. The summed E-state index contributed by atoms with van der Waals surface area (Å²) in [6.07, 6.45) is 8.18. The predicted octanol–water partition coefficient (Wildman–Crippen LogP) is 2.35. The zero-order valence-electron chi connectivity index (χ0n) is 13.2. The first-order chi connectivity index (χ1) is 10.9. The number of hydrogen-bond acceptors (Lipinski definition) is 4. The Morgan fingerprint density at radius 3 is 2.77 bits per heavy atom. The SMILES string of the molecule is c1c2c(nn1CC1CCOCC1)[C@@H](COCC1CC1)OCC2. The molecule has 1 saturated heterocycles. The molecule has 5 heteroatoms. The van der Waals surface area contributed by atoms with Gasteiger partial charge in [0.15, 0.2) is 0 Å². The van der Waals surface area contributed by atoms with E-state index in [2.05, 4.69) is 10.9 Å². The maximum Gasteiger partial charge on any atom is 0.125 e. The van der Waals surface area contributed by atoms with Crippen molar-refractivity contribution in [3.8, 4) is 0 Å². The van der Waals surface area contributed by atoms with Crippen molar-refractivity contribution in [3.63, 3.8) is 0 Å². The lowest BCUT2D eigenvalue weighted by Crippen LogP contribution is -2.22. The van der Waals surface area contributed by atoms with Crippen molar-refractivity contribution in [1.29, 1.82) is 0 Å². The molecule has 0 amide bonds. The average molecular weight is 306 g/mol. The van der Waals surface area contributed by atoms with Crippen LogP contribution in [0.25, 0.3) is 0 Å². The van der Waals surface area contributed by atoms with Crippen LogP contribution in [0.15, 0.2) is 6.20 Å². The summed E-state index contributed by atoms with van der Waals surface area (Å²) in [4.78, 5) is 0. The number of fused-ring (bicyclic) bond motifs is 1. The largest absolute Gasteiger partial charge is 0.381 e. The van der Waals surface area contributed by atoms with E-state index in [0.717, 1.165) is 63.8 Å². The zero-order chi connectivity index (χ0) is 14.8. The van der Waals surface area contributed by atoms with E-state index in [0.29, 0.717) is 12.5 Å². The summed E-state index contributed by atoms with van der Waals surface area (Å²) in [5.74, 6) is 1.50. The molecule has 0 aromatic carbocycles. The minimum absolute atomic E-state index is 0.0263. The van der Waals surface area contributed by atoms with Crippen LogP contribution < -0.4 is 0 Å². The summed E-state index contributed by atoms with van der Waals surface area (Å²) < 4.78 is 19.3. The van der Waals surface area contributed by atoms with Crippen molar-refractivity contribution in [2.75, 3.05) is 33.0 Å². The maximum atomic E-state index is 5.89. The van der Waals surface area contributed by atoms with Crippen LogP contribution in [0.2, 0.25) is 0 Å². The summed E-state index contributed by atoms with van der Waals surface area (Å²) in [7, 11) is 0. The highest BCUT2D eigenvalue weighted by Gasteiger charge is 2.27. The normalized spacial score (nSPS) is 26.1. The van der Waals surface area contributed by atoms with Crippen LogP contribution in [0, 0.1) is 11.8 Å². The van der Waals surface area contributed by atoms with Gasteiger partial charge in [-0.05, 0) is 49.5 Å². The molecule has 22 heavy (non-hydrogen) atoms. The van der Waals surface area contributed by atoms with Gasteiger partial charge < -0.3 is 14.2 Å². The topological polar surface area (TPSA) is 45.5 Å². The van der Waals surface area contributed by atoms with Gasteiger partial charge in [0, 0.05) is 32.6 Å². The fraction of sp³-hybridized carbons (Fsp3) is 0.824. The van der Waals surface area contributed by atoms with Gasteiger partial charge >= 0.3 is 0 Å². The fourth-order valence-corrected chi connectivity index (χ4v) is 3.37. The van der Waals surface area contributed by atoms with E-state index in [1.54, 1.807) is 0 Å². The Bertz CT molecular complexity index is 492. The predicted molar refractivity (Wildman–Crippen MR) is 81.7 cm³/mol. The van der Waals surface area contributed by atoms with E-state index in [1.165, 1.54) is 18.4 Å². The van der Waals surface area contributed by atoms with Crippen LogP contribution >= 0.6 is 0 Å². The number of nitrogens with zero attached hydrogens (tertiary/aromatic N) is 2. The second-order valence-corrected chi connectivity index (χ2v) is 6.91. The molecule has 2 aliphatic heterocycles. The van der Waals surface area contributed by atoms with Crippen molar-refractivity contribution in [2.24, 2.45) is 11.8 Å². The molecule has 3 heterocycles. The summed E-state index contributed by atoms with van der Waals surface area (Å²) >= 11 is 0. The molecule has 0 N–H and O–H groups in total. The molecule has 4 rings (SSSR count). The molecule has 1 atom stereocenters. The molecule has 0 unspecified atom stereocenters. The number of hydrogen-bond donors (Lipinski definition) is 0. The van der Waals surface area contributed by atoms with Crippen molar-refractivity contribution in [1.82, 2.24) is 9.78 Å². The fourth-order valence-electron chi connectivity index (χ4n) is 3.37. The molecule has 122 valence electrons. The lowest BCUT2D eigenvalue weighted by Gasteiger charge is -2.22. The first-order valence-corrected chi connectivity index (χ1v) is 8.72. The van der Waals surface area contributed by atoms with Crippen LogP contribution in [-0.4, -0.2) is 42.8 Å². The van der Waals surface area contributed by atoms with Gasteiger partial charge in [-0.15, -0.1) is 0 Å². The van der Waals surface area contributed by atoms with E-state index in [1.807, 2.05) is 0 Å². The molecular formula is C17H26N2O3. The molecule has 1 aromatic rings. The standard InChI is InChI=1S/C17H26N2O3/c1-2-14(1)11-21-12-16-17-15(5-8-22-16)10-19(18-17)9-13-3-6-20-7-4-13/h10,13-14,16H,1-9,11-12H2/t16-/m1/s1. The molecule has 3 aliphatic rings. The van der Waals surface area contributed by atoms with Gasteiger partial charge in [0.05, 0.1) is 18.9 Å².